The highest BCUT2D eigenvalue weighted by atomic mass is 32.2. The molecule has 6 nitrogen and oxygen atoms in total. The second-order valence-corrected chi connectivity index (χ2v) is 5.72. The lowest BCUT2D eigenvalue weighted by Gasteiger charge is -2.11. The van der Waals surface area contributed by atoms with Gasteiger partial charge in [0, 0.05) is 6.07 Å². The quantitative estimate of drug-likeness (QED) is 0.936. The minimum absolute atomic E-state index is 0.00694. The Kier molecular flexibility index (Phi) is 3.67. The van der Waals surface area contributed by atoms with Crippen molar-refractivity contribution >= 4 is 15.7 Å². The minimum atomic E-state index is -3.93. The Morgan fingerprint density at radius 2 is 2.05 bits per heavy atom. The molecule has 1 aromatic heterocycles. The Labute approximate surface area is 115 Å². The van der Waals surface area contributed by atoms with Gasteiger partial charge >= 0.3 is 0 Å². The molecule has 0 bridgehead atoms. The molecule has 1 N–H and O–H groups in total. The topological polar surface area (TPSA) is 81.4 Å². The van der Waals surface area contributed by atoms with E-state index in [0.29, 0.717) is 0 Å². The summed E-state index contributed by atoms with van der Waals surface area (Å²) < 4.78 is 49.9. The number of methoxy groups -OCH3 is 1. The van der Waals surface area contributed by atoms with Crippen molar-refractivity contribution in [2.75, 3.05) is 11.8 Å². The number of benzene rings is 1. The monoisotopic (exact) mass is 300 g/mol. The van der Waals surface area contributed by atoms with Crippen molar-refractivity contribution in [2.45, 2.75) is 18.7 Å². The first-order valence-corrected chi connectivity index (χ1v) is 7.12. The van der Waals surface area contributed by atoms with Crippen LogP contribution in [0.4, 0.5) is 10.1 Å². The molecule has 108 valence electrons. The van der Waals surface area contributed by atoms with E-state index in [9.17, 15) is 12.8 Å². The molecule has 0 atom stereocenters. The Hall–Kier alpha value is -2.09. The third kappa shape index (κ3) is 2.60. The fraction of sp³-hybridized carbons (Fsp3) is 0.250. The van der Waals surface area contributed by atoms with E-state index in [1.54, 1.807) is 0 Å². The maximum atomic E-state index is 13.2. The number of anilines is 1. The first-order chi connectivity index (χ1) is 9.35. The van der Waals surface area contributed by atoms with Gasteiger partial charge in [0.2, 0.25) is 0 Å². The van der Waals surface area contributed by atoms with E-state index in [1.807, 2.05) is 0 Å². The summed E-state index contributed by atoms with van der Waals surface area (Å²) in [7, 11) is -2.57. The van der Waals surface area contributed by atoms with Crippen molar-refractivity contribution in [3.8, 4) is 5.75 Å². The fourth-order valence-electron chi connectivity index (χ4n) is 1.81. The lowest BCUT2D eigenvalue weighted by atomic mass is 10.3. The van der Waals surface area contributed by atoms with Crippen LogP contribution in [-0.2, 0) is 10.0 Å². The number of aryl methyl sites for hydroxylation is 2. The van der Waals surface area contributed by atoms with Gasteiger partial charge in [-0.2, -0.15) is 0 Å². The average molecular weight is 300 g/mol. The van der Waals surface area contributed by atoms with Gasteiger partial charge in [0.15, 0.2) is 10.7 Å². The van der Waals surface area contributed by atoms with Crippen molar-refractivity contribution in [1.29, 1.82) is 0 Å². The number of hydrogen-bond acceptors (Lipinski definition) is 5. The van der Waals surface area contributed by atoms with Crippen molar-refractivity contribution in [3.63, 3.8) is 0 Å². The lowest BCUT2D eigenvalue weighted by molar-refractivity contribution is 0.390. The Morgan fingerprint density at radius 1 is 1.35 bits per heavy atom. The number of aromatic nitrogens is 1. The summed E-state index contributed by atoms with van der Waals surface area (Å²) in [5.74, 6) is -0.214. The van der Waals surface area contributed by atoms with Crippen LogP contribution < -0.4 is 9.46 Å². The molecule has 1 aromatic carbocycles. The molecule has 0 saturated carbocycles. The summed E-state index contributed by atoms with van der Waals surface area (Å²) in [4.78, 5) is -0.0659. The van der Waals surface area contributed by atoms with Crippen molar-refractivity contribution in [2.24, 2.45) is 0 Å². The number of ether oxygens (including phenoxy) is 1. The first kappa shape index (κ1) is 14.3. The van der Waals surface area contributed by atoms with Crippen LogP contribution in [0.3, 0.4) is 0 Å². The highest BCUT2D eigenvalue weighted by Crippen LogP contribution is 2.29. The Bertz CT molecular complexity index is 720. The summed E-state index contributed by atoms with van der Waals surface area (Å²) in [5, 5.41) is 3.58. The summed E-state index contributed by atoms with van der Waals surface area (Å²) >= 11 is 0. The molecule has 8 heteroatoms. The second-order valence-electron chi connectivity index (χ2n) is 4.10. The number of hydrogen-bond donors (Lipinski definition) is 1. The molecule has 0 aliphatic carbocycles. The van der Waals surface area contributed by atoms with Crippen molar-refractivity contribution in [3.05, 3.63) is 35.5 Å². The predicted octanol–water partition coefficient (Wildman–Crippen LogP) is 2.24. The molecule has 2 aromatic rings. The van der Waals surface area contributed by atoms with Crippen LogP contribution in [-0.4, -0.2) is 20.7 Å². The van der Waals surface area contributed by atoms with Crippen LogP contribution in [0.1, 0.15) is 11.5 Å². The Morgan fingerprint density at radius 3 is 2.60 bits per heavy atom. The summed E-state index contributed by atoms with van der Waals surface area (Å²) in [5.41, 5.74) is 0.234. The van der Waals surface area contributed by atoms with Crippen LogP contribution in [0.2, 0.25) is 0 Å². The van der Waals surface area contributed by atoms with Crippen LogP contribution in [0, 0.1) is 19.7 Å². The first-order valence-electron chi connectivity index (χ1n) is 5.64. The van der Waals surface area contributed by atoms with E-state index in [4.69, 9.17) is 9.26 Å². The molecule has 20 heavy (non-hydrogen) atoms. The molecule has 2 rings (SSSR count). The number of sulfonamides is 1. The number of nitrogens with zero attached hydrogens (tertiary/aromatic N) is 1. The van der Waals surface area contributed by atoms with Gasteiger partial charge < -0.3 is 9.26 Å². The third-order valence-corrected chi connectivity index (χ3v) is 4.25. The summed E-state index contributed by atoms with van der Waals surface area (Å²) in [6.45, 7) is 2.99. The van der Waals surface area contributed by atoms with Gasteiger partial charge in [0.05, 0.1) is 12.8 Å². The standard InChI is InChI=1S/C12H13FN2O4S/c1-7-12(8(2)19-14-7)20(16,17)15-10-6-9(13)4-5-11(10)18-3/h4-6,15H,1-3H3. The van der Waals surface area contributed by atoms with Gasteiger partial charge in [-0.25, -0.2) is 12.8 Å². The number of nitrogens with one attached hydrogen (secondary N) is 1. The smallest absolute Gasteiger partial charge is 0.267 e. The highest BCUT2D eigenvalue weighted by molar-refractivity contribution is 7.92. The van der Waals surface area contributed by atoms with Crippen LogP contribution >= 0.6 is 0 Å². The van der Waals surface area contributed by atoms with E-state index in [-0.39, 0.29) is 27.8 Å². The summed E-state index contributed by atoms with van der Waals surface area (Å²) in [6.07, 6.45) is 0. The van der Waals surface area contributed by atoms with Gasteiger partial charge in [0.25, 0.3) is 10.0 Å². The normalized spacial score (nSPS) is 11.4. The predicted molar refractivity (Wildman–Crippen MR) is 69.7 cm³/mol. The minimum Gasteiger partial charge on any atom is -0.495 e. The molecule has 0 fully saturated rings. The highest BCUT2D eigenvalue weighted by Gasteiger charge is 2.25. The van der Waals surface area contributed by atoms with Gasteiger partial charge in [-0.05, 0) is 26.0 Å². The number of rotatable bonds is 4. The molecule has 0 spiro atoms. The zero-order valence-electron chi connectivity index (χ0n) is 11.1. The van der Waals surface area contributed by atoms with Gasteiger partial charge in [-0.15, -0.1) is 0 Å². The zero-order chi connectivity index (χ0) is 14.9. The SMILES string of the molecule is COc1ccc(F)cc1NS(=O)(=O)c1c(C)noc1C. The maximum Gasteiger partial charge on any atom is 0.267 e. The molecule has 0 radical (unpaired) electrons. The van der Waals surface area contributed by atoms with Crippen molar-refractivity contribution < 1.29 is 22.1 Å². The molecule has 0 unspecified atom stereocenters. The average Bonchev–Trinajstić information content (AvgIpc) is 2.69. The number of halogens is 1. The van der Waals surface area contributed by atoms with Crippen molar-refractivity contribution in [1.82, 2.24) is 5.16 Å². The van der Waals surface area contributed by atoms with Gasteiger partial charge in [-0.3, -0.25) is 4.72 Å². The van der Waals surface area contributed by atoms with Gasteiger partial charge in [0.1, 0.15) is 17.3 Å². The van der Waals surface area contributed by atoms with E-state index in [2.05, 4.69) is 9.88 Å². The molecular formula is C12H13FN2O4S. The van der Waals surface area contributed by atoms with E-state index >= 15 is 0 Å². The van der Waals surface area contributed by atoms with E-state index in [1.165, 1.54) is 33.1 Å². The zero-order valence-corrected chi connectivity index (χ0v) is 11.9. The molecule has 1 heterocycles. The van der Waals surface area contributed by atoms with Crippen LogP contribution in [0.25, 0.3) is 0 Å². The maximum absolute atomic E-state index is 13.2. The second kappa shape index (κ2) is 5.12. The lowest BCUT2D eigenvalue weighted by Crippen LogP contribution is -2.15. The van der Waals surface area contributed by atoms with Crippen LogP contribution in [0.15, 0.2) is 27.6 Å². The van der Waals surface area contributed by atoms with Gasteiger partial charge in [-0.1, -0.05) is 5.16 Å². The molecule has 0 saturated heterocycles. The fourth-order valence-corrected chi connectivity index (χ4v) is 3.21. The molecule has 0 aliphatic heterocycles. The molecular weight excluding hydrogens is 287 g/mol. The molecule has 0 amide bonds. The third-order valence-electron chi connectivity index (χ3n) is 2.64. The van der Waals surface area contributed by atoms with E-state index < -0.39 is 15.8 Å². The Balaban J connectivity index is 2.46. The van der Waals surface area contributed by atoms with Crippen LogP contribution in [0.5, 0.6) is 5.75 Å². The molecule has 0 aliphatic rings. The largest absolute Gasteiger partial charge is 0.495 e. The summed E-state index contributed by atoms with van der Waals surface area (Å²) in [6, 6.07) is 3.54. The van der Waals surface area contributed by atoms with E-state index in [0.717, 1.165) is 6.07 Å².